The second kappa shape index (κ2) is 6.99. The Bertz CT molecular complexity index is 508. The smallest absolute Gasteiger partial charge is 0.243 e. The molecule has 0 amide bonds. The Hall–Kier alpha value is -1.21. The van der Waals surface area contributed by atoms with E-state index >= 15 is 0 Å². The average molecular weight is 298 g/mol. The van der Waals surface area contributed by atoms with Gasteiger partial charge in [0.15, 0.2) is 0 Å². The largest absolute Gasteiger partial charge is 0.355 e. The highest BCUT2D eigenvalue weighted by Crippen LogP contribution is 2.19. The standard InChI is InChI=1S/C13H22N4O2S/c1-2-14-13-15-9-12(10-16-13)20(18,19)17-11-7-5-3-4-6-8-11/h9-11,17H,2-8H2,1H3,(H,14,15,16). The lowest BCUT2D eigenvalue weighted by Crippen LogP contribution is -2.34. The number of hydrogen-bond donors (Lipinski definition) is 2. The lowest BCUT2D eigenvalue weighted by atomic mass is 10.1. The fourth-order valence-corrected chi connectivity index (χ4v) is 3.58. The van der Waals surface area contributed by atoms with Gasteiger partial charge in [-0.2, -0.15) is 0 Å². The molecule has 20 heavy (non-hydrogen) atoms. The van der Waals surface area contributed by atoms with Crippen molar-refractivity contribution in [3.8, 4) is 0 Å². The monoisotopic (exact) mass is 298 g/mol. The molecule has 1 aliphatic rings. The summed E-state index contributed by atoms with van der Waals surface area (Å²) >= 11 is 0. The van der Waals surface area contributed by atoms with Gasteiger partial charge in [-0.3, -0.25) is 0 Å². The topological polar surface area (TPSA) is 84.0 Å². The van der Waals surface area contributed by atoms with E-state index in [0.717, 1.165) is 25.7 Å². The Morgan fingerprint density at radius 2 is 1.75 bits per heavy atom. The van der Waals surface area contributed by atoms with Gasteiger partial charge in [0.1, 0.15) is 4.90 Å². The molecule has 0 radical (unpaired) electrons. The molecule has 1 aliphatic carbocycles. The molecule has 0 aliphatic heterocycles. The van der Waals surface area contributed by atoms with Crippen LogP contribution in [-0.2, 0) is 10.0 Å². The van der Waals surface area contributed by atoms with Crippen LogP contribution in [0.1, 0.15) is 45.4 Å². The van der Waals surface area contributed by atoms with Gasteiger partial charge in [-0.25, -0.2) is 23.1 Å². The molecule has 2 N–H and O–H groups in total. The highest BCUT2D eigenvalue weighted by atomic mass is 32.2. The fraction of sp³-hybridized carbons (Fsp3) is 0.692. The van der Waals surface area contributed by atoms with E-state index in [4.69, 9.17) is 0 Å². The third-order valence-corrected chi connectivity index (χ3v) is 4.93. The summed E-state index contributed by atoms with van der Waals surface area (Å²) in [6.45, 7) is 2.63. The third kappa shape index (κ3) is 4.14. The minimum atomic E-state index is -3.51. The van der Waals surface area contributed by atoms with Crippen LogP contribution in [0.3, 0.4) is 0 Å². The molecule has 0 spiro atoms. The van der Waals surface area contributed by atoms with E-state index in [1.807, 2.05) is 6.92 Å². The van der Waals surface area contributed by atoms with Gasteiger partial charge in [-0.05, 0) is 19.8 Å². The predicted octanol–water partition coefficient (Wildman–Crippen LogP) is 1.91. The minimum absolute atomic E-state index is 0.0379. The molecule has 0 aromatic carbocycles. The van der Waals surface area contributed by atoms with Gasteiger partial charge < -0.3 is 5.32 Å². The first kappa shape index (κ1) is 15.2. The van der Waals surface area contributed by atoms with Crippen molar-refractivity contribution >= 4 is 16.0 Å². The Balaban J connectivity index is 2.05. The van der Waals surface area contributed by atoms with Crippen LogP contribution in [0.5, 0.6) is 0 Å². The van der Waals surface area contributed by atoms with Crippen LogP contribution in [0.15, 0.2) is 17.3 Å². The van der Waals surface area contributed by atoms with Gasteiger partial charge in [0.05, 0.1) is 12.4 Å². The summed E-state index contributed by atoms with van der Waals surface area (Å²) in [7, 11) is -3.51. The summed E-state index contributed by atoms with van der Waals surface area (Å²) in [6.07, 6.45) is 9.09. The molecule has 6 nitrogen and oxygen atoms in total. The Labute approximate surface area is 120 Å². The zero-order valence-electron chi connectivity index (χ0n) is 11.8. The highest BCUT2D eigenvalue weighted by molar-refractivity contribution is 7.89. The second-order valence-corrected chi connectivity index (χ2v) is 6.80. The molecule has 0 unspecified atom stereocenters. The zero-order chi connectivity index (χ0) is 14.4. The van der Waals surface area contributed by atoms with Gasteiger partial charge in [0.2, 0.25) is 16.0 Å². The van der Waals surface area contributed by atoms with Crippen molar-refractivity contribution in [3.05, 3.63) is 12.4 Å². The van der Waals surface area contributed by atoms with Crippen molar-refractivity contribution in [1.29, 1.82) is 0 Å². The van der Waals surface area contributed by atoms with E-state index in [9.17, 15) is 8.42 Å². The van der Waals surface area contributed by atoms with Crippen molar-refractivity contribution in [2.45, 2.75) is 56.4 Å². The Morgan fingerprint density at radius 3 is 2.30 bits per heavy atom. The van der Waals surface area contributed by atoms with Crippen LogP contribution >= 0.6 is 0 Å². The number of sulfonamides is 1. The first-order valence-corrected chi connectivity index (χ1v) is 8.68. The minimum Gasteiger partial charge on any atom is -0.355 e. The summed E-state index contributed by atoms with van der Waals surface area (Å²) in [5.74, 6) is 0.445. The maximum Gasteiger partial charge on any atom is 0.243 e. The Kier molecular flexibility index (Phi) is 5.31. The second-order valence-electron chi connectivity index (χ2n) is 5.08. The van der Waals surface area contributed by atoms with Crippen LogP contribution in [0.25, 0.3) is 0 Å². The number of nitrogens with one attached hydrogen (secondary N) is 2. The molecule has 2 rings (SSSR count). The third-order valence-electron chi connectivity index (χ3n) is 3.45. The normalized spacial score (nSPS) is 17.6. The lowest BCUT2D eigenvalue weighted by Gasteiger charge is -2.16. The van der Waals surface area contributed by atoms with Gasteiger partial charge in [-0.15, -0.1) is 0 Å². The molecule has 7 heteroatoms. The molecular formula is C13H22N4O2S. The van der Waals surface area contributed by atoms with Gasteiger partial charge >= 0.3 is 0 Å². The summed E-state index contributed by atoms with van der Waals surface area (Å²) in [6, 6.07) is 0.0379. The molecule has 1 heterocycles. The predicted molar refractivity (Wildman–Crippen MR) is 78.0 cm³/mol. The maximum absolute atomic E-state index is 12.3. The van der Waals surface area contributed by atoms with Crippen molar-refractivity contribution in [1.82, 2.24) is 14.7 Å². The molecule has 0 bridgehead atoms. The number of anilines is 1. The summed E-state index contributed by atoms with van der Waals surface area (Å²) in [5, 5.41) is 2.94. The van der Waals surface area contributed by atoms with Crippen molar-refractivity contribution in [2.75, 3.05) is 11.9 Å². The van der Waals surface area contributed by atoms with E-state index in [2.05, 4.69) is 20.0 Å². The first-order chi connectivity index (χ1) is 9.62. The maximum atomic E-state index is 12.3. The molecule has 1 aromatic heterocycles. The molecule has 1 aromatic rings. The summed E-state index contributed by atoms with van der Waals surface area (Å²) < 4.78 is 27.3. The molecular weight excluding hydrogens is 276 g/mol. The van der Waals surface area contributed by atoms with Crippen molar-refractivity contribution in [3.63, 3.8) is 0 Å². The van der Waals surface area contributed by atoms with E-state index in [-0.39, 0.29) is 10.9 Å². The first-order valence-electron chi connectivity index (χ1n) is 7.20. The lowest BCUT2D eigenvalue weighted by molar-refractivity contribution is 0.509. The fourth-order valence-electron chi connectivity index (χ4n) is 2.39. The van der Waals surface area contributed by atoms with E-state index < -0.39 is 10.0 Å². The highest BCUT2D eigenvalue weighted by Gasteiger charge is 2.21. The average Bonchev–Trinajstić information content (AvgIpc) is 2.68. The van der Waals surface area contributed by atoms with E-state index in [1.54, 1.807) is 0 Å². The summed E-state index contributed by atoms with van der Waals surface area (Å²) in [5.41, 5.74) is 0. The Morgan fingerprint density at radius 1 is 1.15 bits per heavy atom. The number of hydrogen-bond acceptors (Lipinski definition) is 5. The van der Waals surface area contributed by atoms with Crippen LogP contribution < -0.4 is 10.0 Å². The van der Waals surface area contributed by atoms with Crippen LogP contribution in [-0.4, -0.2) is 31.0 Å². The quantitative estimate of drug-likeness (QED) is 0.811. The van der Waals surface area contributed by atoms with Gasteiger partial charge in [0, 0.05) is 12.6 Å². The number of rotatable bonds is 5. The molecule has 1 saturated carbocycles. The van der Waals surface area contributed by atoms with Crippen molar-refractivity contribution < 1.29 is 8.42 Å². The van der Waals surface area contributed by atoms with E-state index in [1.165, 1.54) is 25.2 Å². The van der Waals surface area contributed by atoms with E-state index in [0.29, 0.717) is 12.5 Å². The number of aromatic nitrogens is 2. The number of nitrogens with zero attached hydrogens (tertiary/aromatic N) is 2. The van der Waals surface area contributed by atoms with Crippen LogP contribution in [0.2, 0.25) is 0 Å². The SMILES string of the molecule is CCNc1ncc(S(=O)(=O)NC2CCCCCC2)cn1. The zero-order valence-corrected chi connectivity index (χ0v) is 12.6. The molecule has 1 fully saturated rings. The van der Waals surface area contributed by atoms with Gasteiger partial charge in [0.25, 0.3) is 0 Å². The molecule has 0 atom stereocenters. The molecule has 0 saturated heterocycles. The van der Waals surface area contributed by atoms with Crippen molar-refractivity contribution in [2.24, 2.45) is 0 Å². The summed E-state index contributed by atoms with van der Waals surface area (Å²) in [4.78, 5) is 8.14. The van der Waals surface area contributed by atoms with Crippen LogP contribution in [0.4, 0.5) is 5.95 Å². The van der Waals surface area contributed by atoms with Gasteiger partial charge in [-0.1, -0.05) is 25.7 Å². The van der Waals surface area contributed by atoms with Crippen LogP contribution in [0, 0.1) is 0 Å². The molecule has 112 valence electrons.